The van der Waals surface area contributed by atoms with Gasteiger partial charge in [0.1, 0.15) is 0 Å². The van der Waals surface area contributed by atoms with Crippen molar-refractivity contribution in [2.75, 3.05) is 0 Å². The Bertz CT molecular complexity index is 372. The van der Waals surface area contributed by atoms with Crippen molar-refractivity contribution in [3.8, 4) is 0 Å². The second-order valence-corrected chi connectivity index (χ2v) is 4.19. The molecule has 0 bridgehead atoms. The Balaban J connectivity index is -0.0000000476. The molecule has 0 unspecified atom stereocenters. The molecular formula is C15H28LaO8. The molecule has 0 aliphatic rings. The Kier molecular flexibility index (Phi) is 38.4. The summed E-state index contributed by atoms with van der Waals surface area (Å²) in [5, 5.41) is 25.1. The van der Waals surface area contributed by atoms with E-state index in [0.29, 0.717) is 0 Å². The molecule has 0 aromatic rings. The van der Waals surface area contributed by atoms with E-state index in [2.05, 4.69) is 0 Å². The number of aliphatic hydroxyl groups is 3. The van der Waals surface area contributed by atoms with Gasteiger partial charge in [-0.15, -0.1) is 0 Å². The average Bonchev–Trinajstić information content (AvgIpc) is 2.10. The van der Waals surface area contributed by atoms with Crippen molar-refractivity contribution in [2.45, 2.75) is 41.5 Å². The first-order valence-electron chi connectivity index (χ1n) is 6.02. The van der Waals surface area contributed by atoms with Crippen molar-refractivity contribution in [1.29, 1.82) is 0 Å². The Morgan fingerprint density at radius 3 is 0.667 bits per heavy atom. The average molecular weight is 475 g/mol. The first-order chi connectivity index (χ1) is 9.38. The summed E-state index contributed by atoms with van der Waals surface area (Å²) in [4.78, 5) is 30.1. The fourth-order valence-electron chi connectivity index (χ4n) is 0.882. The largest absolute Gasteiger partial charge is 0.512 e. The van der Waals surface area contributed by atoms with Crippen LogP contribution >= 0.6 is 0 Å². The number of carbonyl (C=O) groups excluding carboxylic acids is 3. The van der Waals surface area contributed by atoms with Gasteiger partial charge in [0.15, 0.2) is 17.3 Å². The molecule has 0 saturated carbocycles. The predicted octanol–water partition coefficient (Wildman–Crippen LogP) is 1.46. The van der Waals surface area contributed by atoms with Gasteiger partial charge in [-0.05, 0) is 41.5 Å². The maximum atomic E-state index is 10.0. The van der Waals surface area contributed by atoms with Crippen molar-refractivity contribution in [3.05, 3.63) is 35.5 Å². The van der Waals surface area contributed by atoms with Crippen molar-refractivity contribution >= 4 is 17.3 Å². The zero-order valence-corrected chi connectivity index (χ0v) is 18.5. The smallest absolute Gasteiger partial charge is 0.155 e. The molecule has 24 heavy (non-hydrogen) atoms. The molecule has 0 saturated heterocycles. The summed E-state index contributed by atoms with van der Waals surface area (Å²) in [6, 6.07) is 0. The molecule has 0 atom stereocenters. The molecule has 139 valence electrons. The predicted molar refractivity (Wildman–Crippen MR) is 88.4 cm³/mol. The van der Waals surface area contributed by atoms with E-state index < -0.39 is 0 Å². The van der Waals surface area contributed by atoms with E-state index in [1.807, 2.05) is 0 Å². The minimum atomic E-state index is -0.125. The van der Waals surface area contributed by atoms with Crippen LogP contribution in [0.4, 0.5) is 0 Å². The second-order valence-electron chi connectivity index (χ2n) is 4.19. The van der Waals surface area contributed by atoms with Crippen LogP contribution in [-0.4, -0.2) is 43.6 Å². The standard InChI is InChI=1S/3C5H8O2.La.2H2O/c3*1-4(6)3-5(2)7;;;/h3*3,6H,1-2H3;;2*1H2/b3*4-3-;;;. The summed E-state index contributed by atoms with van der Waals surface area (Å²) in [5.41, 5.74) is 0. The number of allylic oxidation sites excluding steroid dienone is 6. The number of aliphatic hydroxyl groups excluding tert-OH is 3. The van der Waals surface area contributed by atoms with Crippen molar-refractivity contribution in [1.82, 2.24) is 0 Å². The monoisotopic (exact) mass is 475 g/mol. The number of hydrogen-bond donors (Lipinski definition) is 3. The molecule has 0 aromatic carbocycles. The summed E-state index contributed by atoms with van der Waals surface area (Å²) >= 11 is 0. The second kappa shape index (κ2) is 24.0. The van der Waals surface area contributed by atoms with Gasteiger partial charge in [-0.1, -0.05) is 0 Å². The molecule has 0 rings (SSSR count). The van der Waals surface area contributed by atoms with Crippen LogP contribution in [0.25, 0.3) is 0 Å². The normalized spacial score (nSPS) is 10.0. The van der Waals surface area contributed by atoms with Gasteiger partial charge in [-0.2, -0.15) is 0 Å². The minimum absolute atomic E-state index is 0. The van der Waals surface area contributed by atoms with Gasteiger partial charge >= 0.3 is 0 Å². The zero-order valence-electron chi connectivity index (χ0n) is 14.9. The van der Waals surface area contributed by atoms with Crippen LogP contribution in [0.1, 0.15) is 41.5 Å². The van der Waals surface area contributed by atoms with Gasteiger partial charge < -0.3 is 26.3 Å². The molecular weight excluding hydrogens is 447 g/mol. The van der Waals surface area contributed by atoms with Crippen LogP contribution in [0.15, 0.2) is 35.5 Å². The first kappa shape index (κ1) is 38.4. The van der Waals surface area contributed by atoms with E-state index in [1.54, 1.807) is 0 Å². The third-order valence-corrected chi connectivity index (χ3v) is 1.24. The topological polar surface area (TPSA) is 175 Å². The van der Waals surface area contributed by atoms with Crippen LogP contribution in [-0.2, 0) is 14.4 Å². The number of ketones is 3. The third kappa shape index (κ3) is 70.1. The molecule has 9 heteroatoms. The summed E-state index contributed by atoms with van der Waals surface area (Å²) in [7, 11) is 0. The molecule has 7 N–H and O–H groups in total. The summed E-state index contributed by atoms with van der Waals surface area (Å²) in [5.74, 6) is -0.187. The molecule has 0 heterocycles. The maximum Gasteiger partial charge on any atom is 0.155 e. The third-order valence-electron chi connectivity index (χ3n) is 1.24. The molecule has 0 aromatic heterocycles. The molecule has 0 fully saturated rings. The number of rotatable bonds is 3. The van der Waals surface area contributed by atoms with Gasteiger partial charge in [0, 0.05) is 53.8 Å². The minimum Gasteiger partial charge on any atom is -0.512 e. The molecule has 0 amide bonds. The summed E-state index contributed by atoms with van der Waals surface area (Å²) in [6.07, 6.45) is 3.50. The van der Waals surface area contributed by atoms with Gasteiger partial charge in [-0.25, -0.2) is 0 Å². The van der Waals surface area contributed by atoms with Gasteiger partial charge in [0.05, 0.1) is 17.3 Å². The molecule has 0 aliphatic carbocycles. The Hall–Kier alpha value is -1.26. The van der Waals surface area contributed by atoms with Crippen LogP contribution in [0, 0.1) is 35.6 Å². The van der Waals surface area contributed by atoms with Crippen molar-refractivity contribution in [3.63, 3.8) is 0 Å². The van der Waals surface area contributed by atoms with E-state index in [0.717, 1.165) is 0 Å². The van der Waals surface area contributed by atoms with Crippen LogP contribution in [0.3, 0.4) is 0 Å². The van der Waals surface area contributed by atoms with Crippen LogP contribution in [0.2, 0.25) is 0 Å². The number of hydrogen-bond acceptors (Lipinski definition) is 6. The van der Waals surface area contributed by atoms with E-state index in [4.69, 9.17) is 15.3 Å². The molecule has 1 radical (unpaired) electrons. The van der Waals surface area contributed by atoms with E-state index in [9.17, 15) is 14.4 Å². The van der Waals surface area contributed by atoms with Crippen LogP contribution < -0.4 is 0 Å². The van der Waals surface area contributed by atoms with E-state index in [-0.39, 0.29) is 81.2 Å². The Labute approximate surface area is 170 Å². The van der Waals surface area contributed by atoms with Crippen molar-refractivity contribution in [2.24, 2.45) is 0 Å². The van der Waals surface area contributed by atoms with E-state index >= 15 is 0 Å². The van der Waals surface area contributed by atoms with Gasteiger partial charge in [0.2, 0.25) is 0 Å². The quantitative estimate of drug-likeness (QED) is 0.411. The molecule has 8 nitrogen and oxygen atoms in total. The van der Waals surface area contributed by atoms with Gasteiger partial charge in [-0.3, -0.25) is 14.4 Å². The SMILES string of the molecule is CC(=O)/C=C(/C)O.CC(=O)/C=C(/C)O.CC(=O)/C=C(/C)O.O.O.[La]. The summed E-state index contributed by atoms with van der Waals surface area (Å²) in [6.45, 7) is 8.54. The maximum absolute atomic E-state index is 10.0. The van der Waals surface area contributed by atoms with E-state index in [1.165, 1.54) is 59.8 Å². The number of carbonyl (C=O) groups is 3. The summed E-state index contributed by atoms with van der Waals surface area (Å²) < 4.78 is 0. The zero-order chi connectivity index (χ0) is 17.6. The van der Waals surface area contributed by atoms with Crippen molar-refractivity contribution < 1.29 is 76.3 Å². The van der Waals surface area contributed by atoms with Crippen LogP contribution in [0.5, 0.6) is 0 Å². The fourth-order valence-corrected chi connectivity index (χ4v) is 0.882. The Morgan fingerprint density at radius 2 is 0.667 bits per heavy atom. The molecule has 0 aliphatic heterocycles. The van der Waals surface area contributed by atoms with Gasteiger partial charge in [0.25, 0.3) is 0 Å². The fraction of sp³-hybridized carbons (Fsp3) is 0.400. The first-order valence-corrected chi connectivity index (χ1v) is 6.02. The Morgan fingerprint density at radius 1 is 0.542 bits per heavy atom. The molecule has 0 spiro atoms.